The van der Waals surface area contributed by atoms with Crippen molar-refractivity contribution in [1.29, 1.82) is 0 Å². The lowest BCUT2D eigenvalue weighted by molar-refractivity contribution is -0.138. The van der Waals surface area contributed by atoms with Crippen molar-refractivity contribution in [3.8, 4) is 0 Å². The zero-order chi connectivity index (χ0) is 16.4. The summed E-state index contributed by atoms with van der Waals surface area (Å²) >= 11 is 0. The van der Waals surface area contributed by atoms with E-state index < -0.39 is 5.97 Å². The predicted octanol–water partition coefficient (Wildman–Crippen LogP) is 1.14. The first-order chi connectivity index (χ1) is 10.5. The predicted molar refractivity (Wildman–Crippen MR) is 83.0 cm³/mol. The van der Waals surface area contributed by atoms with Crippen LogP contribution in [0.15, 0.2) is 36.4 Å². The summed E-state index contributed by atoms with van der Waals surface area (Å²) in [6.07, 6.45) is 2.95. The number of nitrogens with zero attached hydrogens (tertiary/aromatic N) is 1. The highest BCUT2D eigenvalue weighted by atomic mass is 16.4. The van der Waals surface area contributed by atoms with E-state index in [1.165, 1.54) is 17.9 Å². The van der Waals surface area contributed by atoms with Crippen molar-refractivity contribution in [2.45, 2.75) is 13.3 Å². The molecule has 0 aliphatic rings. The van der Waals surface area contributed by atoms with Gasteiger partial charge in [0.05, 0.1) is 6.42 Å². The zero-order valence-electron chi connectivity index (χ0n) is 12.5. The molecule has 0 atom stereocenters. The SMILES string of the molecule is CC(=O)NCCN(CCC(=O)O)C(=O)/C=C/c1ccccc1. The molecule has 0 fully saturated rings. The largest absolute Gasteiger partial charge is 0.481 e. The van der Waals surface area contributed by atoms with Gasteiger partial charge in [0.2, 0.25) is 11.8 Å². The van der Waals surface area contributed by atoms with E-state index in [2.05, 4.69) is 5.32 Å². The van der Waals surface area contributed by atoms with Crippen LogP contribution < -0.4 is 5.32 Å². The number of hydrogen-bond acceptors (Lipinski definition) is 3. The van der Waals surface area contributed by atoms with E-state index in [1.54, 1.807) is 6.08 Å². The Balaban J connectivity index is 2.62. The molecule has 2 N–H and O–H groups in total. The molecule has 2 amide bonds. The number of amides is 2. The van der Waals surface area contributed by atoms with Crippen molar-refractivity contribution in [2.75, 3.05) is 19.6 Å². The number of benzene rings is 1. The highest BCUT2D eigenvalue weighted by molar-refractivity contribution is 5.92. The number of hydrogen-bond donors (Lipinski definition) is 2. The third-order valence-electron chi connectivity index (χ3n) is 2.88. The van der Waals surface area contributed by atoms with Gasteiger partial charge in [-0.15, -0.1) is 0 Å². The van der Waals surface area contributed by atoms with Gasteiger partial charge >= 0.3 is 5.97 Å². The van der Waals surface area contributed by atoms with E-state index in [1.807, 2.05) is 30.3 Å². The molecule has 0 radical (unpaired) electrons. The van der Waals surface area contributed by atoms with Crippen molar-refractivity contribution >= 4 is 23.9 Å². The Morgan fingerprint density at radius 1 is 1.18 bits per heavy atom. The molecule has 0 saturated carbocycles. The summed E-state index contributed by atoms with van der Waals surface area (Å²) in [6.45, 7) is 2.05. The minimum Gasteiger partial charge on any atom is -0.481 e. The van der Waals surface area contributed by atoms with Crippen LogP contribution in [0.2, 0.25) is 0 Å². The number of aliphatic carboxylic acids is 1. The van der Waals surface area contributed by atoms with Crippen LogP contribution in [0.4, 0.5) is 0 Å². The number of carboxylic acid groups (broad SMARTS) is 1. The number of nitrogens with one attached hydrogen (secondary N) is 1. The van der Waals surface area contributed by atoms with Crippen LogP contribution in [0.5, 0.6) is 0 Å². The third-order valence-corrected chi connectivity index (χ3v) is 2.88. The summed E-state index contributed by atoms with van der Waals surface area (Å²) in [6, 6.07) is 9.34. The molecule has 1 aromatic rings. The average Bonchev–Trinajstić information content (AvgIpc) is 2.48. The maximum atomic E-state index is 12.1. The van der Waals surface area contributed by atoms with Crippen molar-refractivity contribution in [3.05, 3.63) is 42.0 Å². The van der Waals surface area contributed by atoms with Gasteiger partial charge in [0.25, 0.3) is 0 Å². The van der Waals surface area contributed by atoms with E-state index in [4.69, 9.17) is 5.11 Å². The van der Waals surface area contributed by atoms with Crippen molar-refractivity contribution in [3.63, 3.8) is 0 Å². The summed E-state index contributed by atoms with van der Waals surface area (Å²) in [5.41, 5.74) is 0.885. The van der Waals surface area contributed by atoms with E-state index >= 15 is 0 Å². The quantitative estimate of drug-likeness (QED) is 0.705. The molecular formula is C16H20N2O4. The Bertz CT molecular complexity index is 540. The Hall–Kier alpha value is -2.63. The van der Waals surface area contributed by atoms with E-state index in [0.717, 1.165) is 5.56 Å². The van der Waals surface area contributed by atoms with Crippen molar-refractivity contribution < 1.29 is 19.5 Å². The van der Waals surface area contributed by atoms with Crippen LogP contribution in [0.25, 0.3) is 6.08 Å². The Labute approximate surface area is 129 Å². The lowest BCUT2D eigenvalue weighted by Gasteiger charge is -2.20. The van der Waals surface area contributed by atoms with Crippen molar-refractivity contribution in [2.24, 2.45) is 0 Å². The molecule has 1 rings (SSSR count). The highest BCUT2D eigenvalue weighted by Gasteiger charge is 2.12. The highest BCUT2D eigenvalue weighted by Crippen LogP contribution is 2.02. The normalized spacial score (nSPS) is 10.4. The summed E-state index contributed by atoms with van der Waals surface area (Å²) in [5, 5.41) is 11.3. The van der Waals surface area contributed by atoms with Crippen LogP contribution in [0.3, 0.4) is 0 Å². The summed E-state index contributed by atoms with van der Waals surface area (Å²) < 4.78 is 0. The van der Waals surface area contributed by atoms with E-state index in [-0.39, 0.29) is 31.3 Å². The number of carbonyl (C=O) groups is 3. The van der Waals surface area contributed by atoms with Gasteiger partial charge in [0, 0.05) is 32.6 Å². The van der Waals surface area contributed by atoms with E-state index in [0.29, 0.717) is 6.54 Å². The fourth-order valence-electron chi connectivity index (χ4n) is 1.77. The molecule has 0 aromatic heterocycles. The second-order valence-corrected chi connectivity index (χ2v) is 4.70. The Morgan fingerprint density at radius 2 is 1.86 bits per heavy atom. The lowest BCUT2D eigenvalue weighted by Crippen LogP contribution is -2.38. The van der Waals surface area contributed by atoms with Crippen molar-refractivity contribution in [1.82, 2.24) is 10.2 Å². The molecule has 6 nitrogen and oxygen atoms in total. The molecule has 0 saturated heterocycles. The van der Waals surface area contributed by atoms with Gasteiger partial charge in [0.15, 0.2) is 0 Å². The van der Waals surface area contributed by atoms with Gasteiger partial charge in [0.1, 0.15) is 0 Å². The van der Waals surface area contributed by atoms with Crippen LogP contribution >= 0.6 is 0 Å². The number of carboxylic acids is 1. The molecular weight excluding hydrogens is 284 g/mol. The molecule has 1 aromatic carbocycles. The lowest BCUT2D eigenvalue weighted by atomic mass is 10.2. The fourth-order valence-corrected chi connectivity index (χ4v) is 1.77. The molecule has 0 aliphatic carbocycles. The molecule has 0 unspecified atom stereocenters. The maximum Gasteiger partial charge on any atom is 0.305 e. The van der Waals surface area contributed by atoms with Gasteiger partial charge in [-0.1, -0.05) is 30.3 Å². The van der Waals surface area contributed by atoms with Crippen LogP contribution in [0.1, 0.15) is 18.9 Å². The molecule has 6 heteroatoms. The fraction of sp³-hybridized carbons (Fsp3) is 0.312. The smallest absolute Gasteiger partial charge is 0.305 e. The number of carbonyl (C=O) groups excluding carboxylic acids is 2. The average molecular weight is 304 g/mol. The second-order valence-electron chi connectivity index (χ2n) is 4.70. The molecule has 22 heavy (non-hydrogen) atoms. The standard InChI is InChI=1S/C16H20N2O4/c1-13(19)17-10-12-18(11-9-16(21)22)15(20)8-7-14-5-3-2-4-6-14/h2-8H,9-12H2,1H3,(H,17,19)(H,21,22)/b8-7+. The third kappa shape index (κ3) is 7.23. The number of rotatable bonds is 8. The topological polar surface area (TPSA) is 86.7 Å². The Morgan fingerprint density at radius 3 is 2.45 bits per heavy atom. The van der Waals surface area contributed by atoms with Crippen LogP contribution in [-0.2, 0) is 14.4 Å². The van der Waals surface area contributed by atoms with Crippen LogP contribution in [-0.4, -0.2) is 47.4 Å². The molecule has 0 aliphatic heterocycles. The molecule has 118 valence electrons. The molecule has 0 bridgehead atoms. The Kier molecular flexibility index (Phi) is 7.39. The zero-order valence-corrected chi connectivity index (χ0v) is 12.5. The van der Waals surface area contributed by atoms with Gasteiger partial charge in [-0.3, -0.25) is 14.4 Å². The summed E-state index contributed by atoms with van der Waals surface area (Å²) in [4.78, 5) is 35.1. The van der Waals surface area contributed by atoms with Crippen LogP contribution in [0, 0.1) is 0 Å². The van der Waals surface area contributed by atoms with Gasteiger partial charge in [-0.25, -0.2) is 0 Å². The first-order valence-electron chi connectivity index (χ1n) is 6.97. The van der Waals surface area contributed by atoms with Gasteiger partial charge < -0.3 is 15.3 Å². The van der Waals surface area contributed by atoms with E-state index in [9.17, 15) is 14.4 Å². The maximum absolute atomic E-state index is 12.1. The molecule has 0 heterocycles. The monoisotopic (exact) mass is 304 g/mol. The second kappa shape index (κ2) is 9.33. The minimum atomic E-state index is -0.968. The summed E-state index contributed by atoms with van der Waals surface area (Å²) in [5.74, 6) is -1.44. The first-order valence-corrected chi connectivity index (χ1v) is 6.97. The van der Waals surface area contributed by atoms with Gasteiger partial charge in [-0.05, 0) is 11.6 Å². The summed E-state index contributed by atoms with van der Waals surface area (Å²) in [7, 11) is 0. The molecule has 0 spiro atoms. The first kappa shape index (κ1) is 17.4. The van der Waals surface area contributed by atoms with Gasteiger partial charge in [-0.2, -0.15) is 0 Å². The minimum absolute atomic E-state index is 0.104.